The van der Waals surface area contributed by atoms with E-state index in [0.29, 0.717) is 23.8 Å². The number of hydrogen-bond acceptors (Lipinski definition) is 4. The zero-order chi connectivity index (χ0) is 12.8. The van der Waals surface area contributed by atoms with Crippen LogP contribution in [0.2, 0.25) is 0 Å². The van der Waals surface area contributed by atoms with E-state index < -0.39 is 6.29 Å². The lowest BCUT2D eigenvalue weighted by atomic mass is 10.3. The van der Waals surface area contributed by atoms with Crippen molar-refractivity contribution in [3.05, 3.63) is 48.7 Å². The summed E-state index contributed by atoms with van der Waals surface area (Å²) in [6, 6.07) is 12.6. The third-order valence-electron chi connectivity index (χ3n) is 2.31. The second-order valence-electron chi connectivity index (χ2n) is 3.70. The molecule has 18 heavy (non-hydrogen) atoms. The largest absolute Gasteiger partial charge is 0.461 e. The Morgan fingerprint density at radius 3 is 2.50 bits per heavy atom. The van der Waals surface area contributed by atoms with E-state index in [1.807, 2.05) is 31.2 Å². The minimum atomic E-state index is -0.835. The summed E-state index contributed by atoms with van der Waals surface area (Å²) in [7, 11) is 0. The molecule has 1 aromatic heterocycles. The number of rotatable bonds is 5. The van der Waals surface area contributed by atoms with Crippen molar-refractivity contribution in [2.45, 2.75) is 19.6 Å². The lowest BCUT2D eigenvalue weighted by molar-refractivity contribution is -0.0204. The van der Waals surface area contributed by atoms with Crippen LogP contribution in [0.3, 0.4) is 0 Å². The van der Waals surface area contributed by atoms with Crippen LogP contribution in [0.15, 0.2) is 48.7 Å². The van der Waals surface area contributed by atoms with Crippen LogP contribution in [0.25, 0.3) is 0 Å². The van der Waals surface area contributed by atoms with E-state index in [4.69, 9.17) is 9.47 Å². The van der Waals surface area contributed by atoms with E-state index in [2.05, 4.69) is 4.98 Å². The summed E-state index contributed by atoms with van der Waals surface area (Å²) < 4.78 is 11.0. The fraction of sp³-hybridized carbons (Fsp3) is 0.214. The minimum absolute atomic E-state index is 0.486. The zero-order valence-corrected chi connectivity index (χ0v) is 10.1. The van der Waals surface area contributed by atoms with E-state index >= 15 is 0 Å². The highest BCUT2D eigenvalue weighted by Crippen LogP contribution is 2.30. The highest BCUT2D eigenvalue weighted by Gasteiger charge is 2.09. The first kappa shape index (κ1) is 12.4. The van der Waals surface area contributed by atoms with Gasteiger partial charge in [0.25, 0.3) is 0 Å². The molecule has 0 amide bonds. The van der Waals surface area contributed by atoms with Crippen LogP contribution in [-0.2, 0) is 0 Å². The van der Waals surface area contributed by atoms with Gasteiger partial charge in [0.2, 0.25) is 5.88 Å². The number of hydrogen-bond donors (Lipinski definition) is 1. The maximum Gasteiger partial charge on any atom is 0.219 e. The summed E-state index contributed by atoms with van der Waals surface area (Å²) in [6.07, 6.45) is 1.33. The molecule has 0 aliphatic heterocycles. The third kappa shape index (κ3) is 3.21. The van der Waals surface area contributed by atoms with Gasteiger partial charge in [-0.2, -0.15) is 0 Å². The fourth-order valence-corrected chi connectivity index (χ4v) is 1.38. The molecule has 0 saturated heterocycles. The third-order valence-corrected chi connectivity index (χ3v) is 2.31. The van der Waals surface area contributed by atoms with Gasteiger partial charge in [-0.15, -0.1) is 0 Å². The van der Waals surface area contributed by atoms with Gasteiger partial charge in [-0.05, 0) is 18.2 Å². The molecule has 2 aromatic rings. The molecular formula is C14H15NO3. The fourth-order valence-electron chi connectivity index (χ4n) is 1.38. The highest BCUT2D eigenvalue weighted by atomic mass is 16.6. The topological polar surface area (TPSA) is 51.6 Å². The number of aliphatic hydroxyl groups is 1. The smallest absolute Gasteiger partial charge is 0.219 e. The van der Waals surface area contributed by atoms with Crippen molar-refractivity contribution >= 4 is 0 Å². The number of pyridine rings is 1. The molecule has 1 N–H and O–H groups in total. The molecule has 2 rings (SSSR count). The summed E-state index contributed by atoms with van der Waals surface area (Å²) in [4.78, 5) is 4.07. The molecule has 0 aliphatic rings. The Bertz CT molecular complexity index is 487. The molecule has 4 nitrogen and oxygen atoms in total. The van der Waals surface area contributed by atoms with Crippen molar-refractivity contribution in [1.29, 1.82) is 0 Å². The van der Waals surface area contributed by atoms with Crippen molar-refractivity contribution < 1.29 is 14.6 Å². The molecule has 0 radical (unpaired) electrons. The van der Waals surface area contributed by atoms with Crippen molar-refractivity contribution in [2.75, 3.05) is 0 Å². The molecular weight excluding hydrogens is 230 g/mol. The number of ether oxygens (including phenoxy) is 2. The molecule has 0 saturated carbocycles. The Kier molecular flexibility index (Phi) is 4.15. The Morgan fingerprint density at radius 1 is 1.11 bits per heavy atom. The molecule has 94 valence electrons. The zero-order valence-electron chi connectivity index (χ0n) is 10.1. The number of benzene rings is 1. The van der Waals surface area contributed by atoms with E-state index in [1.165, 1.54) is 0 Å². The van der Waals surface area contributed by atoms with Gasteiger partial charge >= 0.3 is 0 Å². The highest BCUT2D eigenvalue weighted by molar-refractivity contribution is 5.41. The van der Waals surface area contributed by atoms with Gasteiger partial charge in [0, 0.05) is 18.7 Å². The van der Waals surface area contributed by atoms with Gasteiger partial charge < -0.3 is 14.6 Å². The number of para-hydroxylation sites is 2. The Morgan fingerprint density at radius 2 is 1.83 bits per heavy atom. The van der Waals surface area contributed by atoms with Gasteiger partial charge in [-0.25, -0.2) is 4.98 Å². The van der Waals surface area contributed by atoms with Crippen LogP contribution in [-0.4, -0.2) is 16.4 Å². The summed E-state index contributed by atoms with van der Waals surface area (Å²) in [5.41, 5.74) is 0. The van der Waals surface area contributed by atoms with Crippen molar-refractivity contribution in [2.24, 2.45) is 0 Å². The van der Waals surface area contributed by atoms with Crippen molar-refractivity contribution in [3.63, 3.8) is 0 Å². The van der Waals surface area contributed by atoms with E-state index in [0.717, 1.165) is 0 Å². The Hall–Kier alpha value is -2.07. The molecule has 0 bridgehead atoms. The van der Waals surface area contributed by atoms with Crippen LogP contribution in [0.4, 0.5) is 0 Å². The number of nitrogens with zero attached hydrogens (tertiary/aromatic N) is 1. The van der Waals surface area contributed by atoms with Gasteiger partial charge in [0.05, 0.1) is 0 Å². The van der Waals surface area contributed by atoms with E-state index in [-0.39, 0.29) is 0 Å². The summed E-state index contributed by atoms with van der Waals surface area (Å²) in [6.45, 7) is 1.84. The summed E-state index contributed by atoms with van der Waals surface area (Å²) in [5.74, 6) is 1.51. The van der Waals surface area contributed by atoms with Crippen LogP contribution >= 0.6 is 0 Å². The SMILES string of the molecule is CCC(O)Oc1ccccc1Oc1ccccn1. The van der Waals surface area contributed by atoms with Gasteiger partial charge in [0.1, 0.15) is 0 Å². The van der Waals surface area contributed by atoms with E-state index in [9.17, 15) is 5.11 Å². The average Bonchev–Trinajstić information content (AvgIpc) is 2.42. The van der Waals surface area contributed by atoms with Crippen LogP contribution in [0.1, 0.15) is 13.3 Å². The monoisotopic (exact) mass is 245 g/mol. The summed E-state index contributed by atoms with van der Waals surface area (Å²) in [5, 5.41) is 9.51. The number of aromatic nitrogens is 1. The molecule has 0 aliphatic carbocycles. The Balaban J connectivity index is 2.17. The van der Waals surface area contributed by atoms with Crippen molar-refractivity contribution in [1.82, 2.24) is 4.98 Å². The maximum absolute atomic E-state index is 9.51. The standard InChI is InChI=1S/C14H15NO3/c1-2-14(16)18-12-8-4-3-7-11(12)17-13-9-5-6-10-15-13/h3-10,14,16H,2H2,1H3. The van der Waals surface area contributed by atoms with Gasteiger partial charge in [0.15, 0.2) is 17.8 Å². The van der Waals surface area contributed by atoms with Crippen LogP contribution < -0.4 is 9.47 Å². The molecule has 1 heterocycles. The summed E-state index contributed by atoms with van der Waals surface area (Å²) >= 11 is 0. The number of aliphatic hydroxyl groups excluding tert-OH is 1. The van der Waals surface area contributed by atoms with Crippen molar-refractivity contribution in [3.8, 4) is 17.4 Å². The lowest BCUT2D eigenvalue weighted by Gasteiger charge is -2.14. The predicted molar refractivity (Wildman–Crippen MR) is 67.7 cm³/mol. The Labute approximate surface area is 106 Å². The predicted octanol–water partition coefficient (Wildman–Crippen LogP) is 2.98. The van der Waals surface area contributed by atoms with E-state index in [1.54, 1.807) is 24.4 Å². The van der Waals surface area contributed by atoms with Crippen LogP contribution in [0.5, 0.6) is 17.4 Å². The maximum atomic E-state index is 9.51. The lowest BCUT2D eigenvalue weighted by Crippen LogP contribution is -2.13. The quantitative estimate of drug-likeness (QED) is 0.823. The van der Waals surface area contributed by atoms with Gasteiger partial charge in [-0.3, -0.25) is 0 Å². The molecule has 1 unspecified atom stereocenters. The molecule has 0 spiro atoms. The molecule has 4 heteroatoms. The van der Waals surface area contributed by atoms with Gasteiger partial charge in [-0.1, -0.05) is 25.1 Å². The van der Waals surface area contributed by atoms with Crippen LogP contribution in [0, 0.1) is 0 Å². The first-order valence-electron chi connectivity index (χ1n) is 5.82. The second-order valence-corrected chi connectivity index (χ2v) is 3.70. The first-order chi connectivity index (χ1) is 8.79. The minimum Gasteiger partial charge on any atom is -0.461 e. The average molecular weight is 245 g/mol. The normalized spacial score (nSPS) is 11.9. The molecule has 0 fully saturated rings. The second kappa shape index (κ2) is 6.02. The first-order valence-corrected chi connectivity index (χ1v) is 5.82. The molecule has 1 aromatic carbocycles. The molecule has 1 atom stereocenters.